The summed E-state index contributed by atoms with van der Waals surface area (Å²) in [4.78, 5) is 74.6. The highest BCUT2D eigenvalue weighted by atomic mass is 16.5. The largest absolute Gasteiger partial charge is 0.467 e. The van der Waals surface area contributed by atoms with Crippen molar-refractivity contribution in [3.63, 3.8) is 0 Å². The fourth-order valence-corrected chi connectivity index (χ4v) is 4.42. The van der Waals surface area contributed by atoms with Crippen molar-refractivity contribution in [2.45, 2.75) is 37.8 Å². The number of nitrogens with zero attached hydrogens (tertiary/aromatic N) is 2. The first-order valence-corrected chi connectivity index (χ1v) is 16.8. The van der Waals surface area contributed by atoms with Gasteiger partial charge in [0.05, 0.1) is 7.11 Å². The summed E-state index contributed by atoms with van der Waals surface area (Å²) in [5, 5.41) is 20.7. The van der Waals surface area contributed by atoms with Gasteiger partial charge in [-0.25, -0.2) is 4.79 Å². The molecule has 4 amide bonds. The standard InChI is InChI=1S/2C20H20N2O4.CH4O/c1-21-18(23)17(20(25)26-3)22(2)19(24)16-12-10-15(11-13-16)7-5-4-6-14-8-9-14;1-21-19(25)18(17(24)13-23)22(2)20(26)16-11-9-15(10-12-16)6-4-3-5-14-7-8-14;1-2/h10-14,17H,8-9H2,1-3H3,(H,21,23);9-12,14,18,23H,7-8,13H2,1-2H3,(H,21,25);2H,1H3. The first-order valence-electron chi connectivity index (χ1n) is 16.8. The van der Waals surface area contributed by atoms with E-state index in [2.05, 4.69) is 62.7 Å². The molecular weight excluding hydrogens is 692 g/mol. The van der Waals surface area contributed by atoms with Crippen molar-refractivity contribution >= 4 is 35.4 Å². The minimum Gasteiger partial charge on any atom is -0.467 e. The fourth-order valence-electron chi connectivity index (χ4n) is 4.42. The highest BCUT2D eigenvalue weighted by molar-refractivity contribution is 6.10. The van der Waals surface area contributed by atoms with Crippen LogP contribution < -0.4 is 10.6 Å². The van der Waals surface area contributed by atoms with E-state index >= 15 is 0 Å². The van der Waals surface area contributed by atoms with Crippen LogP contribution in [-0.2, 0) is 23.9 Å². The molecule has 4 rings (SSSR count). The maximum atomic E-state index is 12.6. The fraction of sp³-hybridized carbons (Fsp3) is 0.366. The lowest BCUT2D eigenvalue weighted by atomic mass is 10.1. The average Bonchev–Trinajstić information content (AvgIpc) is 4.16. The second-order valence-electron chi connectivity index (χ2n) is 11.8. The monoisotopic (exact) mass is 736 g/mol. The number of aliphatic hydroxyl groups excluding tert-OH is 2. The molecule has 2 unspecified atom stereocenters. The summed E-state index contributed by atoms with van der Waals surface area (Å²) >= 11 is 0. The van der Waals surface area contributed by atoms with E-state index in [1.165, 1.54) is 28.2 Å². The maximum absolute atomic E-state index is 12.6. The van der Waals surface area contributed by atoms with Crippen LogP contribution in [0.2, 0.25) is 0 Å². The van der Waals surface area contributed by atoms with Crippen LogP contribution in [0.5, 0.6) is 0 Å². The molecule has 54 heavy (non-hydrogen) atoms. The number of Topliss-reactive ketones (excluding diaryl/α,β-unsaturated/α-hetero) is 1. The zero-order chi connectivity index (χ0) is 40.2. The molecule has 2 fully saturated rings. The van der Waals surface area contributed by atoms with Crippen molar-refractivity contribution in [3.05, 3.63) is 70.8 Å². The molecule has 0 aromatic heterocycles. The van der Waals surface area contributed by atoms with Crippen molar-refractivity contribution in [3.8, 4) is 47.4 Å². The van der Waals surface area contributed by atoms with Crippen molar-refractivity contribution < 1.29 is 43.7 Å². The van der Waals surface area contributed by atoms with Gasteiger partial charge in [0, 0.05) is 69.4 Å². The smallest absolute Gasteiger partial charge is 0.338 e. The third kappa shape index (κ3) is 13.6. The maximum Gasteiger partial charge on any atom is 0.338 e. The molecule has 2 saturated carbocycles. The second kappa shape index (κ2) is 22.5. The molecule has 2 aliphatic carbocycles. The average molecular weight is 737 g/mol. The molecular formula is C41H44N4O9. The van der Waals surface area contributed by atoms with Gasteiger partial charge in [-0.1, -0.05) is 23.7 Å². The summed E-state index contributed by atoms with van der Waals surface area (Å²) in [6.45, 7) is -0.827. The van der Waals surface area contributed by atoms with Crippen molar-refractivity contribution in [2.75, 3.05) is 49.0 Å². The SMILES string of the molecule is CNC(=O)C(C(=O)CO)N(C)C(=O)c1ccc(C#CC#CC2CC2)cc1.CNC(=O)C(C(=O)OC)N(C)C(=O)c1ccc(C#CC#CC2CC2)cc1.CO. The van der Waals surface area contributed by atoms with Gasteiger partial charge in [0.2, 0.25) is 11.9 Å². The summed E-state index contributed by atoms with van der Waals surface area (Å²) in [6, 6.07) is 10.3. The first-order chi connectivity index (χ1) is 25.9. The van der Waals surface area contributed by atoms with Crippen molar-refractivity contribution in [1.82, 2.24) is 20.4 Å². The van der Waals surface area contributed by atoms with E-state index in [-0.39, 0.29) is 0 Å². The zero-order valence-corrected chi connectivity index (χ0v) is 31.1. The number of hydrogen-bond acceptors (Lipinski definition) is 9. The van der Waals surface area contributed by atoms with E-state index in [9.17, 15) is 28.8 Å². The number of methoxy groups -OCH3 is 1. The summed E-state index contributed by atoms with van der Waals surface area (Å²) in [7, 11) is 7.63. The minimum atomic E-state index is -1.38. The molecule has 2 atom stereocenters. The number of aliphatic hydroxyl groups is 2. The topological polar surface area (TPSA) is 183 Å². The highest BCUT2D eigenvalue weighted by Gasteiger charge is 2.35. The van der Waals surface area contributed by atoms with Crippen LogP contribution in [-0.4, -0.2) is 116 Å². The molecule has 4 N–H and O–H groups in total. The predicted octanol–water partition coefficient (Wildman–Crippen LogP) is 0.619. The van der Waals surface area contributed by atoms with Crippen molar-refractivity contribution in [1.29, 1.82) is 0 Å². The minimum absolute atomic E-state index is 0.307. The summed E-state index contributed by atoms with van der Waals surface area (Å²) in [6.07, 6.45) is 4.60. The molecule has 0 aliphatic heterocycles. The number of rotatable bonds is 9. The van der Waals surface area contributed by atoms with E-state index in [0.717, 1.165) is 55.3 Å². The predicted molar refractivity (Wildman–Crippen MR) is 200 cm³/mol. The number of nitrogens with one attached hydrogen (secondary N) is 2. The van der Waals surface area contributed by atoms with Crippen LogP contribution in [0.3, 0.4) is 0 Å². The van der Waals surface area contributed by atoms with Gasteiger partial charge in [-0.3, -0.25) is 24.0 Å². The second-order valence-corrected chi connectivity index (χ2v) is 11.8. The molecule has 13 heteroatoms. The molecule has 13 nitrogen and oxygen atoms in total. The Bertz CT molecular complexity index is 1750. The van der Waals surface area contributed by atoms with Crippen LogP contribution in [0, 0.1) is 59.2 Å². The van der Waals surface area contributed by atoms with Gasteiger partial charge in [-0.2, -0.15) is 0 Å². The molecule has 0 spiro atoms. The van der Waals surface area contributed by atoms with E-state index in [0.29, 0.717) is 28.5 Å². The van der Waals surface area contributed by atoms with Crippen LogP contribution in [0.1, 0.15) is 57.5 Å². The van der Waals surface area contributed by atoms with Crippen LogP contribution in [0.4, 0.5) is 0 Å². The number of esters is 1. The Hall–Kier alpha value is -6.38. The van der Waals surface area contributed by atoms with Gasteiger partial charge in [0.25, 0.3) is 17.7 Å². The van der Waals surface area contributed by atoms with Crippen LogP contribution in [0.15, 0.2) is 48.5 Å². The zero-order valence-electron chi connectivity index (χ0n) is 31.1. The normalized spacial score (nSPS) is 12.9. The van der Waals surface area contributed by atoms with Gasteiger partial charge in [0.1, 0.15) is 6.61 Å². The highest BCUT2D eigenvalue weighted by Crippen LogP contribution is 2.27. The van der Waals surface area contributed by atoms with Crippen molar-refractivity contribution in [2.24, 2.45) is 11.8 Å². The Morgan fingerprint density at radius 2 is 1.06 bits per heavy atom. The number of amides is 4. The number of hydrogen-bond donors (Lipinski definition) is 4. The molecule has 0 radical (unpaired) electrons. The van der Waals surface area contributed by atoms with Gasteiger partial charge < -0.3 is 35.4 Å². The molecule has 0 heterocycles. The van der Waals surface area contributed by atoms with E-state index < -0.39 is 54.1 Å². The van der Waals surface area contributed by atoms with Crippen LogP contribution in [0.25, 0.3) is 0 Å². The number of ether oxygens (including phenoxy) is 1. The third-order valence-corrected chi connectivity index (χ3v) is 7.80. The third-order valence-electron chi connectivity index (χ3n) is 7.80. The Morgan fingerprint density at radius 1 is 0.685 bits per heavy atom. The number of ketones is 1. The first kappa shape index (κ1) is 43.8. The van der Waals surface area contributed by atoms with Gasteiger partial charge in [-0.05, 0) is 97.9 Å². The number of carbonyl (C=O) groups is 6. The molecule has 2 aromatic carbocycles. The number of likely N-dealkylation sites (N-methyl/N-ethyl adjacent to an activating group) is 4. The lowest BCUT2D eigenvalue weighted by Crippen LogP contribution is -2.52. The quantitative estimate of drug-likeness (QED) is 0.163. The summed E-state index contributed by atoms with van der Waals surface area (Å²) in [5.41, 5.74) is 2.08. The molecule has 0 saturated heterocycles. The van der Waals surface area contributed by atoms with Gasteiger partial charge in [-0.15, -0.1) is 0 Å². The Balaban J connectivity index is 0.000000357. The Morgan fingerprint density at radius 3 is 1.39 bits per heavy atom. The number of benzene rings is 2. The van der Waals surface area contributed by atoms with E-state index in [1.54, 1.807) is 48.5 Å². The number of carbonyl (C=O) groups excluding carboxylic acids is 6. The molecule has 2 aliphatic rings. The van der Waals surface area contributed by atoms with E-state index in [1.807, 2.05) is 0 Å². The molecule has 0 bridgehead atoms. The van der Waals surface area contributed by atoms with Gasteiger partial charge in [0.15, 0.2) is 11.8 Å². The molecule has 282 valence electrons. The van der Waals surface area contributed by atoms with E-state index in [4.69, 9.17) is 10.2 Å². The van der Waals surface area contributed by atoms with Gasteiger partial charge >= 0.3 is 5.97 Å². The lowest BCUT2D eigenvalue weighted by Gasteiger charge is -2.25. The Kier molecular flexibility index (Phi) is 18.3. The molecule has 2 aromatic rings. The summed E-state index contributed by atoms with van der Waals surface area (Å²) in [5.74, 6) is 20.3. The summed E-state index contributed by atoms with van der Waals surface area (Å²) < 4.78 is 4.61. The Labute approximate surface area is 315 Å². The lowest BCUT2D eigenvalue weighted by molar-refractivity contribution is -0.150. The van der Waals surface area contributed by atoms with Crippen LogP contribution >= 0.6 is 0 Å².